The van der Waals surface area contributed by atoms with Crippen LogP contribution in [0.15, 0.2) is 4.99 Å². The van der Waals surface area contributed by atoms with E-state index in [0.29, 0.717) is 6.10 Å². The maximum absolute atomic E-state index is 5.33. The van der Waals surface area contributed by atoms with E-state index in [2.05, 4.69) is 36.2 Å². The zero-order valence-electron chi connectivity index (χ0n) is 9.74. The van der Waals surface area contributed by atoms with Gasteiger partial charge in [-0.05, 0) is 26.1 Å². The Balaban J connectivity index is 2.35. The molecule has 1 saturated heterocycles. The van der Waals surface area contributed by atoms with Gasteiger partial charge in [0.25, 0.3) is 0 Å². The summed E-state index contributed by atoms with van der Waals surface area (Å²) in [5.74, 6) is 0. The summed E-state index contributed by atoms with van der Waals surface area (Å²) in [7, 11) is 0. The van der Waals surface area contributed by atoms with Crippen molar-refractivity contribution in [1.29, 1.82) is 0 Å². The zero-order valence-corrected chi connectivity index (χ0v) is 10.6. The third-order valence-electron chi connectivity index (χ3n) is 3.30. The highest BCUT2D eigenvalue weighted by atomic mass is 32.1. The Morgan fingerprint density at radius 2 is 2.13 bits per heavy atom. The molecule has 0 saturated carbocycles. The van der Waals surface area contributed by atoms with Crippen LogP contribution < -0.4 is 0 Å². The standard InChI is InChI=1S/C11H21N2OS/c1-3-13(4-2,8-11-9-14-11)7-5-6-12-10-15/h11H,3-9H2,1-2H3/q+1. The molecule has 1 aliphatic heterocycles. The van der Waals surface area contributed by atoms with E-state index in [1.807, 2.05) is 0 Å². The van der Waals surface area contributed by atoms with Gasteiger partial charge in [-0.2, -0.15) is 0 Å². The summed E-state index contributed by atoms with van der Waals surface area (Å²) in [6, 6.07) is 0. The number of quaternary nitrogens is 1. The van der Waals surface area contributed by atoms with Crippen molar-refractivity contribution in [2.45, 2.75) is 26.4 Å². The molecule has 0 spiro atoms. The summed E-state index contributed by atoms with van der Waals surface area (Å²) in [4.78, 5) is 3.96. The number of likely N-dealkylation sites (N-methyl/N-ethyl adjacent to an activating group) is 1. The molecule has 0 radical (unpaired) electrons. The van der Waals surface area contributed by atoms with Crippen molar-refractivity contribution in [3.8, 4) is 0 Å². The molecule has 1 rings (SSSR count). The average Bonchev–Trinajstić information content (AvgIpc) is 3.06. The van der Waals surface area contributed by atoms with E-state index in [1.54, 1.807) is 0 Å². The van der Waals surface area contributed by atoms with E-state index in [1.165, 1.54) is 19.6 Å². The number of ether oxygens (including phenoxy) is 1. The number of aliphatic imine (C=N–C) groups is 1. The topological polar surface area (TPSA) is 24.9 Å². The van der Waals surface area contributed by atoms with Crippen LogP contribution in [0.5, 0.6) is 0 Å². The van der Waals surface area contributed by atoms with Gasteiger partial charge in [0, 0.05) is 6.42 Å². The van der Waals surface area contributed by atoms with Crippen LogP contribution in [0.1, 0.15) is 20.3 Å². The van der Waals surface area contributed by atoms with Crippen LogP contribution in [-0.2, 0) is 4.74 Å². The molecule has 0 N–H and O–H groups in total. The summed E-state index contributed by atoms with van der Waals surface area (Å²) in [6.45, 7) is 11.0. The minimum Gasteiger partial charge on any atom is -0.367 e. The van der Waals surface area contributed by atoms with Crippen molar-refractivity contribution in [2.75, 3.05) is 39.3 Å². The summed E-state index contributed by atoms with van der Waals surface area (Å²) >= 11 is 4.55. The highest BCUT2D eigenvalue weighted by molar-refractivity contribution is 7.78. The molecule has 0 aromatic rings. The number of epoxide rings is 1. The van der Waals surface area contributed by atoms with E-state index in [4.69, 9.17) is 4.74 Å². The monoisotopic (exact) mass is 229 g/mol. The van der Waals surface area contributed by atoms with Gasteiger partial charge in [-0.3, -0.25) is 0 Å². The van der Waals surface area contributed by atoms with Crippen molar-refractivity contribution in [2.24, 2.45) is 4.99 Å². The van der Waals surface area contributed by atoms with Gasteiger partial charge in [-0.25, -0.2) is 4.99 Å². The van der Waals surface area contributed by atoms with E-state index in [9.17, 15) is 0 Å². The van der Waals surface area contributed by atoms with Gasteiger partial charge in [0.05, 0.1) is 37.9 Å². The fourth-order valence-corrected chi connectivity index (χ4v) is 2.12. The second kappa shape index (κ2) is 6.33. The fourth-order valence-electron chi connectivity index (χ4n) is 2.03. The first-order chi connectivity index (χ1) is 7.26. The number of thiocarbonyl (C=S) groups is 1. The normalized spacial score (nSPS) is 19.7. The molecule has 0 aromatic heterocycles. The minimum absolute atomic E-state index is 0.513. The van der Waals surface area contributed by atoms with Crippen LogP contribution in [0.2, 0.25) is 0 Å². The molecule has 4 heteroatoms. The molecular weight excluding hydrogens is 208 g/mol. The van der Waals surface area contributed by atoms with Gasteiger partial charge in [0.15, 0.2) is 0 Å². The number of isothiocyanates is 1. The molecule has 0 bridgehead atoms. The lowest BCUT2D eigenvalue weighted by atomic mass is 10.2. The number of rotatable bonds is 8. The first kappa shape index (κ1) is 12.8. The van der Waals surface area contributed by atoms with Crippen molar-refractivity contribution in [3.05, 3.63) is 0 Å². The summed E-state index contributed by atoms with van der Waals surface area (Å²) in [5.41, 5.74) is 0. The molecule has 1 unspecified atom stereocenters. The predicted octanol–water partition coefficient (Wildman–Crippen LogP) is 1.73. The predicted molar refractivity (Wildman–Crippen MR) is 65.3 cm³/mol. The average molecular weight is 229 g/mol. The molecule has 1 heterocycles. The van der Waals surface area contributed by atoms with Crippen LogP contribution in [-0.4, -0.2) is 55.1 Å². The molecule has 1 aliphatic rings. The highest BCUT2D eigenvalue weighted by Crippen LogP contribution is 2.17. The van der Waals surface area contributed by atoms with Gasteiger partial charge in [0.1, 0.15) is 12.6 Å². The van der Waals surface area contributed by atoms with Gasteiger partial charge >= 0.3 is 0 Å². The van der Waals surface area contributed by atoms with Crippen molar-refractivity contribution < 1.29 is 9.22 Å². The van der Waals surface area contributed by atoms with Crippen LogP contribution in [0.4, 0.5) is 0 Å². The largest absolute Gasteiger partial charge is 0.367 e. The Hall–Kier alpha value is -0.280. The fraction of sp³-hybridized carbons (Fsp3) is 0.909. The van der Waals surface area contributed by atoms with E-state index in [0.717, 1.165) is 30.6 Å². The minimum atomic E-state index is 0.513. The van der Waals surface area contributed by atoms with Crippen LogP contribution in [0.3, 0.4) is 0 Å². The second-order valence-electron chi connectivity index (χ2n) is 4.16. The molecule has 15 heavy (non-hydrogen) atoms. The Morgan fingerprint density at radius 3 is 2.60 bits per heavy atom. The maximum atomic E-state index is 5.33. The quantitative estimate of drug-likeness (QED) is 0.208. The first-order valence-electron chi connectivity index (χ1n) is 5.76. The lowest BCUT2D eigenvalue weighted by molar-refractivity contribution is -0.925. The smallest absolute Gasteiger partial charge is 0.130 e. The summed E-state index contributed by atoms with van der Waals surface area (Å²) in [5, 5.41) is 2.42. The second-order valence-corrected chi connectivity index (χ2v) is 4.34. The number of nitrogens with zero attached hydrogens (tertiary/aromatic N) is 2. The third-order valence-corrected chi connectivity index (χ3v) is 3.43. The highest BCUT2D eigenvalue weighted by Gasteiger charge is 2.34. The van der Waals surface area contributed by atoms with Gasteiger partial charge in [0.2, 0.25) is 0 Å². The molecule has 0 aromatic carbocycles. The molecular formula is C11H21N2OS+. The van der Waals surface area contributed by atoms with E-state index < -0.39 is 0 Å². The van der Waals surface area contributed by atoms with Crippen LogP contribution in [0, 0.1) is 0 Å². The number of hydrogen-bond donors (Lipinski definition) is 0. The van der Waals surface area contributed by atoms with Crippen molar-refractivity contribution in [3.63, 3.8) is 0 Å². The number of hydrogen-bond acceptors (Lipinski definition) is 3. The lowest BCUT2D eigenvalue weighted by Crippen LogP contribution is -2.51. The van der Waals surface area contributed by atoms with Gasteiger partial charge < -0.3 is 9.22 Å². The van der Waals surface area contributed by atoms with E-state index >= 15 is 0 Å². The molecule has 1 fully saturated rings. The van der Waals surface area contributed by atoms with E-state index in [-0.39, 0.29) is 0 Å². The maximum Gasteiger partial charge on any atom is 0.130 e. The van der Waals surface area contributed by atoms with Gasteiger partial charge in [-0.1, -0.05) is 0 Å². The molecule has 0 amide bonds. The zero-order chi connectivity index (χ0) is 11.1. The Labute approximate surface area is 97.7 Å². The Morgan fingerprint density at radius 1 is 1.47 bits per heavy atom. The molecule has 3 nitrogen and oxygen atoms in total. The summed E-state index contributed by atoms with van der Waals surface area (Å²) < 4.78 is 6.48. The van der Waals surface area contributed by atoms with Crippen molar-refractivity contribution in [1.82, 2.24) is 0 Å². The molecule has 1 atom stereocenters. The van der Waals surface area contributed by atoms with Gasteiger partial charge in [-0.15, -0.1) is 0 Å². The first-order valence-corrected chi connectivity index (χ1v) is 6.17. The summed E-state index contributed by atoms with van der Waals surface area (Å²) in [6.07, 6.45) is 1.61. The Kier molecular flexibility index (Phi) is 5.40. The SMILES string of the molecule is CC[N+](CC)(CCCN=C=S)CC1CO1. The lowest BCUT2D eigenvalue weighted by Gasteiger charge is -2.36. The third kappa shape index (κ3) is 4.39. The molecule has 86 valence electrons. The molecule has 0 aliphatic carbocycles. The van der Waals surface area contributed by atoms with Crippen molar-refractivity contribution >= 4 is 17.4 Å². The Bertz CT molecular complexity index is 231. The van der Waals surface area contributed by atoms with Crippen LogP contribution >= 0.6 is 12.2 Å². The van der Waals surface area contributed by atoms with Crippen LogP contribution in [0.25, 0.3) is 0 Å².